The number of halogens is 1. The number of aryl methyl sites for hydroxylation is 1. The van der Waals surface area contributed by atoms with Crippen LogP contribution in [0.3, 0.4) is 0 Å². The summed E-state index contributed by atoms with van der Waals surface area (Å²) < 4.78 is 1.78. The molecule has 0 spiro atoms. The number of nitrogens with zero attached hydrogens (tertiary/aromatic N) is 3. The second-order valence-corrected chi connectivity index (χ2v) is 8.71. The molecule has 1 N–H and O–H groups in total. The van der Waals surface area contributed by atoms with Gasteiger partial charge in [0.15, 0.2) is 0 Å². The quantitative estimate of drug-likeness (QED) is 0.375. The van der Waals surface area contributed by atoms with E-state index >= 15 is 0 Å². The number of pyridine rings is 1. The minimum absolute atomic E-state index is 0.129. The molecule has 0 radical (unpaired) electrons. The number of amides is 2. The lowest BCUT2D eigenvalue weighted by Crippen LogP contribution is -2.41. The number of carbonyl (C=O) groups excluding carboxylic acids is 2. The van der Waals surface area contributed by atoms with Gasteiger partial charge in [-0.15, -0.1) is 0 Å². The molecule has 0 aliphatic heterocycles. The van der Waals surface area contributed by atoms with Crippen molar-refractivity contribution in [1.29, 1.82) is 0 Å². The Bertz CT molecular complexity index is 1300. The largest absolute Gasteiger partial charge is 0.351 e. The van der Waals surface area contributed by atoms with Gasteiger partial charge in [-0.3, -0.25) is 9.59 Å². The van der Waals surface area contributed by atoms with Crippen molar-refractivity contribution in [2.24, 2.45) is 7.05 Å². The Labute approximate surface area is 204 Å². The van der Waals surface area contributed by atoms with E-state index in [1.54, 1.807) is 28.6 Å². The first-order valence-corrected chi connectivity index (χ1v) is 11.6. The maximum atomic E-state index is 13.6. The fourth-order valence-electron chi connectivity index (χ4n) is 4.13. The van der Waals surface area contributed by atoms with Crippen LogP contribution in [-0.4, -0.2) is 45.9 Å². The van der Waals surface area contributed by atoms with Crippen LogP contribution in [0.1, 0.15) is 32.8 Å². The van der Waals surface area contributed by atoms with E-state index in [-0.39, 0.29) is 23.0 Å². The Morgan fingerprint density at radius 2 is 1.79 bits per heavy atom. The van der Waals surface area contributed by atoms with E-state index in [0.717, 1.165) is 10.9 Å². The fourth-order valence-corrected chi connectivity index (χ4v) is 4.33. The first-order valence-electron chi connectivity index (χ1n) is 11.2. The standard InChI is InChI=1S/C27H27ClN4O2/c1-31-16-8-13-24(31)26(33)29-15-14-20(17-19-9-4-3-5-10-19)32(2)27(34)22-18-25(28)30-23-12-7-6-11-21(22)23/h3-13,16,18,20H,14-15,17H2,1-2H3,(H,29,33)/t20-/m1/s1. The molecule has 6 nitrogen and oxygen atoms in total. The van der Waals surface area contributed by atoms with E-state index in [4.69, 9.17) is 11.6 Å². The molecule has 0 aliphatic rings. The van der Waals surface area contributed by atoms with Gasteiger partial charge in [-0.25, -0.2) is 4.98 Å². The second-order valence-electron chi connectivity index (χ2n) is 8.32. The smallest absolute Gasteiger partial charge is 0.267 e. The van der Waals surface area contributed by atoms with Crippen LogP contribution in [0, 0.1) is 0 Å². The zero-order chi connectivity index (χ0) is 24.1. The summed E-state index contributed by atoms with van der Waals surface area (Å²) >= 11 is 6.23. The number of para-hydroxylation sites is 1. The summed E-state index contributed by atoms with van der Waals surface area (Å²) in [6, 6.07) is 22.6. The van der Waals surface area contributed by atoms with Gasteiger partial charge in [0.25, 0.3) is 11.8 Å². The summed E-state index contributed by atoms with van der Waals surface area (Å²) in [6.45, 7) is 0.441. The number of hydrogen-bond donors (Lipinski definition) is 1. The van der Waals surface area contributed by atoms with Crippen molar-refractivity contribution in [2.45, 2.75) is 18.9 Å². The van der Waals surface area contributed by atoms with Crippen LogP contribution in [0.5, 0.6) is 0 Å². The topological polar surface area (TPSA) is 67.2 Å². The van der Waals surface area contributed by atoms with Gasteiger partial charge >= 0.3 is 0 Å². The molecule has 0 unspecified atom stereocenters. The molecule has 2 heterocycles. The summed E-state index contributed by atoms with van der Waals surface area (Å²) in [7, 11) is 3.64. The van der Waals surface area contributed by atoms with Gasteiger partial charge in [0.05, 0.1) is 11.1 Å². The first-order chi connectivity index (χ1) is 16.4. The first kappa shape index (κ1) is 23.5. The zero-order valence-corrected chi connectivity index (χ0v) is 20.0. The maximum absolute atomic E-state index is 13.6. The summed E-state index contributed by atoms with van der Waals surface area (Å²) in [5.74, 6) is -0.262. The molecule has 0 bridgehead atoms. The number of fused-ring (bicyclic) bond motifs is 1. The van der Waals surface area contributed by atoms with Gasteiger partial charge in [-0.2, -0.15) is 0 Å². The highest BCUT2D eigenvalue weighted by molar-refractivity contribution is 6.30. The molecule has 2 aromatic carbocycles. The number of likely N-dealkylation sites (N-methyl/N-ethyl adjacent to an activating group) is 1. The van der Waals surface area contributed by atoms with Crippen molar-refractivity contribution >= 4 is 34.3 Å². The molecule has 0 aliphatic carbocycles. The van der Waals surface area contributed by atoms with Gasteiger partial charge in [0.2, 0.25) is 0 Å². The third-order valence-electron chi connectivity index (χ3n) is 6.04. The maximum Gasteiger partial charge on any atom is 0.267 e. The number of carbonyl (C=O) groups is 2. The minimum atomic E-state index is -0.133. The Morgan fingerprint density at radius 1 is 1.06 bits per heavy atom. The molecule has 34 heavy (non-hydrogen) atoms. The summed E-state index contributed by atoms with van der Waals surface area (Å²) in [5.41, 5.74) is 2.92. The third-order valence-corrected chi connectivity index (χ3v) is 6.23. The lowest BCUT2D eigenvalue weighted by atomic mass is 10.0. The number of aromatic nitrogens is 2. The van der Waals surface area contributed by atoms with Crippen molar-refractivity contribution in [3.63, 3.8) is 0 Å². The number of benzene rings is 2. The lowest BCUT2D eigenvalue weighted by molar-refractivity contribution is 0.0724. The van der Waals surface area contributed by atoms with E-state index in [1.807, 2.05) is 73.9 Å². The normalized spacial score (nSPS) is 11.9. The van der Waals surface area contributed by atoms with Gasteiger partial charge < -0.3 is 14.8 Å². The Hall–Kier alpha value is -3.64. The van der Waals surface area contributed by atoms with Crippen molar-refractivity contribution < 1.29 is 9.59 Å². The molecular weight excluding hydrogens is 448 g/mol. The Kier molecular flexibility index (Phi) is 7.28. The van der Waals surface area contributed by atoms with Crippen LogP contribution in [0.15, 0.2) is 79.0 Å². The molecule has 0 fully saturated rings. The summed E-state index contributed by atoms with van der Waals surface area (Å²) in [5, 5.41) is 4.03. The SMILES string of the molecule is CN(C(=O)c1cc(Cl)nc2ccccc12)[C@H](CCNC(=O)c1cccn1C)Cc1ccccc1. The van der Waals surface area contributed by atoms with Gasteiger partial charge in [-0.1, -0.05) is 60.1 Å². The average molecular weight is 475 g/mol. The summed E-state index contributed by atoms with van der Waals surface area (Å²) in [4.78, 5) is 32.2. The predicted molar refractivity (Wildman–Crippen MR) is 135 cm³/mol. The van der Waals surface area contributed by atoms with Crippen LogP contribution in [0.4, 0.5) is 0 Å². The predicted octanol–water partition coefficient (Wildman–Crippen LogP) is 4.73. The number of nitrogens with one attached hydrogen (secondary N) is 1. The van der Waals surface area contributed by atoms with E-state index in [1.165, 1.54) is 0 Å². The van der Waals surface area contributed by atoms with Crippen LogP contribution < -0.4 is 5.32 Å². The van der Waals surface area contributed by atoms with Gasteiger partial charge in [0, 0.05) is 38.3 Å². The highest BCUT2D eigenvalue weighted by atomic mass is 35.5. The lowest BCUT2D eigenvalue weighted by Gasteiger charge is -2.29. The van der Waals surface area contributed by atoms with Crippen LogP contribution >= 0.6 is 11.6 Å². The fraction of sp³-hybridized carbons (Fsp3) is 0.222. The third kappa shape index (κ3) is 5.29. The molecule has 7 heteroatoms. The van der Waals surface area contributed by atoms with E-state index in [2.05, 4.69) is 10.3 Å². The minimum Gasteiger partial charge on any atom is -0.351 e. The molecule has 2 aromatic heterocycles. The molecular formula is C27H27ClN4O2. The Morgan fingerprint density at radius 3 is 2.53 bits per heavy atom. The molecule has 4 aromatic rings. The molecule has 174 valence electrons. The second kappa shape index (κ2) is 10.5. The monoisotopic (exact) mass is 474 g/mol. The van der Waals surface area contributed by atoms with Crippen LogP contribution in [-0.2, 0) is 13.5 Å². The van der Waals surface area contributed by atoms with Crippen molar-refractivity contribution in [2.75, 3.05) is 13.6 Å². The summed E-state index contributed by atoms with van der Waals surface area (Å²) in [6.07, 6.45) is 3.10. The molecule has 2 amide bonds. The zero-order valence-electron chi connectivity index (χ0n) is 19.2. The van der Waals surface area contributed by atoms with Crippen molar-refractivity contribution in [3.8, 4) is 0 Å². The van der Waals surface area contributed by atoms with Crippen LogP contribution in [0.2, 0.25) is 5.15 Å². The van der Waals surface area contributed by atoms with Crippen LogP contribution in [0.25, 0.3) is 10.9 Å². The van der Waals surface area contributed by atoms with E-state index in [9.17, 15) is 9.59 Å². The molecule has 0 saturated carbocycles. The van der Waals surface area contributed by atoms with Crippen molar-refractivity contribution in [3.05, 3.63) is 101 Å². The van der Waals surface area contributed by atoms with Crippen molar-refractivity contribution in [1.82, 2.24) is 19.8 Å². The van der Waals surface area contributed by atoms with E-state index < -0.39 is 0 Å². The van der Waals surface area contributed by atoms with E-state index in [0.29, 0.717) is 36.2 Å². The average Bonchev–Trinajstić information content (AvgIpc) is 3.28. The van der Waals surface area contributed by atoms with Gasteiger partial charge in [0.1, 0.15) is 10.8 Å². The number of hydrogen-bond acceptors (Lipinski definition) is 3. The number of rotatable bonds is 8. The Balaban J connectivity index is 1.55. The van der Waals surface area contributed by atoms with Gasteiger partial charge in [-0.05, 0) is 42.7 Å². The highest BCUT2D eigenvalue weighted by Crippen LogP contribution is 2.23. The molecule has 4 rings (SSSR count). The highest BCUT2D eigenvalue weighted by Gasteiger charge is 2.24. The molecule has 1 atom stereocenters. The molecule has 0 saturated heterocycles.